The van der Waals surface area contributed by atoms with E-state index in [1.807, 2.05) is 6.92 Å². The molecule has 6 nitrogen and oxygen atoms in total. The molecule has 0 bridgehead atoms. The molecule has 0 unspecified atom stereocenters. The minimum absolute atomic E-state index is 0.0413. The molecule has 0 radical (unpaired) electrons. The smallest absolute Gasteiger partial charge is 0.325 e. The number of benzene rings is 2. The Kier molecular flexibility index (Phi) is 6.50. The van der Waals surface area contributed by atoms with Crippen molar-refractivity contribution in [3.05, 3.63) is 64.6 Å². The Bertz CT molecular complexity index is 1240. The standard InChI is InChI=1S/C23H18F3N3O3S2/c1-2-10-28-21(32)19(34-22(28)33)18-15-8-3-4-9-16(15)29(20(18)31)12-17(30)27-14-7-5-6-13(11-14)23(24,25)26/h3-9,11H,2,10,12H2,1H3,(H,27,30). The van der Waals surface area contributed by atoms with Crippen LogP contribution in [0.1, 0.15) is 24.5 Å². The predicted molar refractivity (Wildman–Crippen MR) is 128 cm³/mol. The molecule has 0 aliphatic carbocycles. The first-order valence-corrected chi connectivity index (χ1v) is 11.5. The highest BCUT2D eigenvalue weighted by atomic mass is 32.2. The van der Waals surface area contributed by atoms with E-state index in [0.717, 1.165) is 23.9 Å². The number of carbonyl (C=O) groups is 3. The lowest BCUT2D eigenvalue weighted by Gasteiger charge is -2.17. The summed E-state index contributed by atoms with van der Waals surface area (Å²) < 4.78 is 39.2. The lowest BCUT2D eigenvalue weighted by molar-refractivity contribution is -0.137. The third-order valence-corrected chi connectivity index (χ3v) is 6.67. The summed E-state index contributed by atoms with van der Waals surface area (Å²) >= 11 is 6.35. The molecule has 0 atom stereocenters. The van der Waals surface area contributed by atoms with E-state index in [-0.39, 0.29) is 22.1 Å². The molecule has 1 fully saturated rings. The minimum Gasteiger partial charge on any atom is -0.325 e. The summed E-state index contributed by atoms with van der Waals surface area (Å²) in [6.45, 7) is 1.90. The molecule has 2 aromatic rings. The Labute approximate surface area is 202 Å². The minimum atomic E-state index is -4.55. The summed E-state index contributed by atoms with van der Waals surface area (Å²) in [4.78, 5) is 41.8. The van der Waals surface area contributed by atoms with Crippen LogP contribution in [0.5, 0.6) is 0 Å². The van der Waals surface area contributed by atoms with Crippen LogP contribution < -0.4 is 10.2 Å². The molecule has 0 spiro atoms. The van der Waals surface area contributed by atoms with Gasteiger partial charge in [0, 0.05) is 17.8 Å². The van der Waals surface area contributed by atoms with Gasteiger partial charge in [-0.15, -0.1) is 0 Å². The predicted octanol–water partition coefficient (Wildman–Crippen LogP) is 4.67. The molecule has 176 valence electrons. The molecule has 0 saturated carbocycles. The molecule has 1 N–H and O–H groups in total. The van der Waals surface area contributed by atoms with Crippen LogP contribution >= 0.6 is 24.0 Å². The van der Waals surface area contributed by atoms with Crippen molar-refractivity contribution >= 4 is 63.0 Å². The van der Waals surface area contributed by atoms with Gasteiger partial charge in [0.2, 0.25) is 5.91 Å². The van der Waals surface area contributed by atoms with Gasteiger partial charge >= 0.3 is 6.18 Å². The number of thioether (sulfide) groups is 1. The van der Waals surface area contributed by atoms with Crippen molar-refractivity contribution < 1.29 is 27.6 Å². The lowest BCUT2D eigenvalue weighted by atomic mass is 10.1. The molecule has 3 amide bonds. The van der Waals surface area contributed by atoms with E-state index in [9.17, 15) is 27.6 Å². The highest BCUT2D eigenvalue weighted by Gasteiger charge is 2.42. The fraction of sp³-hybridized carbons (Fsp3) is 0.217. The lowest BCUT2D eigenvalue weighted by Crippen LogP contribution is -2.35. The second-order valence-electron chi connectivity index (χ2n) is 7.56. The number of halogens is 3. The summed E-state index contributed by atoms with van der Waals surface area (Å²) in [6, 6.07) is 11.0. The quantitative estimate of drug-likeness (QED) is 0.473. The van der Waals surface area contributed by atoms with Gasteiger partial charge in [-0.25, -0.2) is 0 Å². The molecule has 2 aliphatic heterocycles. The van der Waals surface area contributed by atoms with Crippen molar-refractivity contribution in [1.29, 1.82) is 0 Å². The Balaban J connectivity index is 1.61. The molecule has 2 heterocycles. The maximum atomic E-state index is 13.4. The van der Waals surface area contributed by atoms with Gasteiger partial charge in [0.1, 0.15) is 10.9 Å². The average molecular weight is 506 g/mol. The Morgan fingerprint density at radius 2 is 1.79 bits per heavy atom. The molecule has 1 saturated heterocycles. The summed E-state index contributed by atoms with van der Waals surface area (Å²) in [5.74, 6) is -1.58. The molecule has 11 heteroatoms. The van der Waals surface area contributed by atoms with Gasteiger partial charge in [0.25, 0.3) is 11.8 Å². The largest absolute Gasteiger partial charge is 0.416 e. The van der Waals surface area contributed by atoms with E-state index in [2.05, 4.69) is 5.32 Å². The van der Waals surface area contributed by atoms with Gasteiger partial charge in [-0.05, 0) is 30.7 Å². The highest BCUT2D eigenvalue weighted by molar-refractivity contribution is 8.26. The van der Waals surface area contributed by atoms with Crippen molar-refractivity contribution in [3.8, 4) is 0 Å². The topological polar surface area (TPSA) is 69.7 Å². The number of hydrogen-bond donors (Lipinski definition) is 1. The Hall–Kier alpha value is -3.18. The molecule has 2 aromatic carbocycles. The Morgan fingerprint density at radius 1 is 1.06 bits per heavy atom. The number of amides is 3. The van der Waals surface area contributed by atoms with Crippen LogP contribution in [-0.4, -0.2) is 40.0 Å². The zero-order valence-corrected chi connectivity index (χ0v) is 19.4. The van der Waals surface area contributed by atoms with Crippen LogP contribution in [0, 0.1) is 0 Å². The zero-order chi connectivity index (χ0) is 24.6. The van der Waals surface area contributed by atoms with Crippen molar-refractivity contribution in [1.82, 2.24) is 4.90 Å². The summed E-state index contributed by atoms with van der Waals surface area (Å²) in [7, 11) is 0. The van der Waals surface area contributed by atoms with Crippen LogP contribution in [-0.2, 0) is 20.6 Å². The first-order chi connectivity index (χ1) is 16.1. The Morgan fingerprint density at radius 3 is 2.50 bits per heavy atom. The number of hydrogen-bond acceptors (Lipinski definition) is 5. The van der Waals surface area contributed by atoms with Gasteiger partial charge in [-0.3, -0.25) is 24.2 Å². The number of rotatable bonds is 5. The maximum absolute atomic E-state index is 13.4. The van der Waals surface area contributed by atoms with Gasteiger partial charge in [-0.1, -0.05) is 55.2 Å². The fourth-order valence-electron chi connectivity index (χ4n) is 3.74. The highest BCUT2D eigenvalue weighted by Crippen LogP contribution is 2.44. The summed E-state index contributed by atoms with van der Waals surface area (Å²) in [6.07, 6.45) is -3.86. The van der Waals surface area contributed by atoms with E-state index in [1.165, 1.54) is 21.9 Å². The normalized spacial score (nSPS) is 18.1. The van der Waals surface area contributed by atoms with Crippen molar-refractivity contribution in [3.63, 3.8) is 0 Å². The summed E-state index contributed by atoms with van der Waals surface area (Å²) in [5.41, 5.74) is 0.155. The number of thiocarbonyl (C=S) groups is 1. The first kappa shape index (κ1) is 24.0. The maximum Gasteiger partial charge on any atom is 0.416 e. The van der Waals surface area contributed by atoms with Crippen molar-refractivity contribution in [2.75, 3.05) is 23.3 Å². The second kappa shape index (κ2) is 9.22. The number of nitrogens with one attached hydrogen (secondary N) is 1. The van der Waals surface area contributed by atoms with Crippen LogP contribution in [0.3, 0.4) is 0 Å². The van der Waals surface area contributed by atoms with Gasteiger partial charge in [-0.2, -0.15) is 13.2 Å². The van der Waals surface area contributed by atoms with Crippen molar-refractivity contribution in [2.45, 2.75) is 19.5 Å². The number of alkyl halides is 3. The first-order valence-electron chi connectivity index (χ1n) is 10.3. The van der Waals surface area contributed by atoms with E-state index in [0.29, 0.717) is 28.5 Å². The summed E-state index contributed by atoms with van der Waals surface area (Å²) in [5, 5.41) is 2.41. The number of para-hydroxylation sites is 1. The molecular formula is C23H18F3N3O3S2. The van der Waals surface area contributed by atoms with Crippen LogP contribution in [0.2, 0.25) is 0 Å². The van der Waals surface area contributed by atoms with E-state index in [1.54, 1.807) is 24.3 Å². The van der Waals surface area contributed by atoms with Crippen molar-refractivity contribution in [2.24, 2.45) is 0 Å². The third-order valence-electron chi connectivity index (χ3n) is 5.22. The fourth-order valence-corrected chi connectivity index (χ4v) is 5.12. The van der Waals surface area contributed by atoms with Gasteiger partial charge in [0.15, 0.2) is 0 Å². The zero-order valence-electron chi connectivity index (χ0n) is 17.8. The molecular weight excluding hydrogens is 487 g/mol. The number of fused-ring (bicyclic) bond motifs is 1. The molecule has 0 aromatic heterocycles. The third kappa shape index (κ3) is 4.45. The molecule has 4 rings (SSSR count). The van der Waals surface area contributed by atoms with Crippen LogP contribution in [0.25, 0.3) is 5.57 Å². The SMILES string of the molecule is CCCN1C(=O)C(=C2C(=O)N(CC(=O)Nc3cccc(C(F)(F)F)c3)c3ccccc32)SC1=S. The average Bonchev–Trinajstić information content (AvgIpc) is 3.21. The van der Waals surface area contributed by atoms with Gasteiger partial charge in [0.05, 0.1) is 21.7 Å². The van der Waals surface area contributed by atoms with E-state index in [4.69, 9.17) is 12.2 Å². The van der Waals surface area contributed by atoms with Gasteiger partial charge < -0.3 is 5.32 Å². The number of nitrogens with zero attached hydrogens (tertiary/aromatic N) is 2. The number of anilines is 2. The monoisotopic (exact) mass is 505 g/mol. The second-order valence-corrected chi connectivity index (χ2v) is 9.21. The molecule has 2 aliphatic rings. The number of carbonyl (C=O) groups excluding carboxylic acids is 3. The molecule has 34 heavy (non-hydrogen) atoms. The van der Waals surface area contributed by atoms with E-state index < -0.39 is 30.1 Å². The van der Waals surface area contributed by atoms with Crippen LogP contribution in [0.4, 0.5) is 24.5 Å². The van der Waals surface area contributed by atoms with Crippen LogP contribution in [0.15, 0.2) is 53.4 Å². The van der Waals surface area contributed by atoms with E-state index >= 15 is 0 Å².